The van der Waals surface area contributed by atoms with Crippen molar-refractivity contribution in [2.45, 2.75) is 44.0 Å². The van der Waals surface area contributed by atoms with Crippen LogP contribution in [0.3, 0.4) is 0 Å². The van der Waals surface area contributed by atoms with Gasteiger partial charge in [0, 0.05) is 19.1 Å². The quantitative estimate of drug-likeness (QED) is 0.792. The van der Waals surface area contributed by atoms with Crippen LogP contribution in [0.4, 0.5) is 4.79 Å². The Bertz CT molecular complexity index is 610. The van der Waals surface area contributed by atoms with E-state index >= 15 is 0 Å². The monoisotopic (exact) mass is 338 g/mol. The Morgan fingerprint density at radius 2 is 1.91 bits per heavy atom. The second kappa shape index (κ2) is 7.81. The lowest BCUT2D eigenvalue weighted by Crippen LogP contribution is -2.43. The summed E-state index contributed by atoms with van der Waals surface area (Å²) in [4.78, 5) is 14.4. The predicted octanol–water partition coefficient (Wildman–Crippen LogP) is 2.68. The fourth-order valence-corrected chi connectivity index (χ4v) is 3.55. The summed E-state index contributed by atoms with van der Waals surface area (Å²) in [6, 6.07) is 8.53. The molecule has 1 saturated carbocycles. The molecule has 0 saturated heterocycles. The third kappa shape index (κ3) is 5.53. The van der Waals surface area contributed by atoms with Gasteiger partial charge in [0.25, 0.3) is 0 Å². The van der Waals surface area contributed by atoms with E-state index in [-0.39, 0.29) is 18.3 Å². The molecular weight excluding hydrogens is 312 g/mol. The minimum absolute atomic E-state index is 0.0779. The SMILES string of the molecule is CC(C)CCN(C(=O)NCCS(=O)(=O)c1ccccc1)C1CC1. The molecule has 23 heavy (non-hydrogen) atoms. The van der Waals surface area contributed by atoms with Gasteiger partial charge in [0.05, 0.1) is 10.6 Å². The standard InChI is InChI=1S/C17H26N2O3S/c1-14(2)10-12-19(15-8-9-15)17(20)18-11-13-23(21,22)16-6-4-3-5-7-16/h3-7,14-15H,8-13H2,1-2H3,(H,18,20). The van der Waals surface area contributed by atoms with Gasteiger partial charge in [-0.05, 0) is 37.3 Å². The topological polar surface area (TPSA) is 66.5 Å². The molecule has 6 heteroatoms. The van der Waals surface area contributed by atoms with Crippen LogP contribution in [-0.2, 0) is 9.84 Å². The minimum Gasteiger partial charge on any atom is -0.337 e. The van der Waals surface area contributed by atoms with Crippen molar-refractivity contribution in [3.8, 4) is 0 Å². The third-order valence-corrected chi connectivity index (χ3v) is 5.68. The van der Waals surface area contributed by atoms with Gasteiger partial charge in [-0.25, -0.2) is 13.2 Å². The number of rotatable bonds is 8. The average molecular weight is 338 g/mol. The molecule has 1 aromatic carbocycles. The van der Waals surface area contributed by atoms with Gasteiger partial charge in [-0.2, -0.15) is 0 Å². The fourth-order valence-electron chi connectivity index (χ4n) is 2.37. The normalized spacial score (nSPS) is 14.7. The molecule has 128 valence electrons. The van der Waals surface area contributed by atoms with Gasteiger partial charge in [0.2, 0.25) is 0 Å². The molecule has 0 heterocycles. The fraction of sp³-hybridized carbons (Fsp3) is 0.588. The highest BCUT2D eigenvalue weighted by Crippen LogP contribution is 2.27. The molecule has 1 aliphatic carbocycles. The van der Waals surface area contributed by atoms with Crippen molar-refractivity contribution in [2.24, 2.45) is 5.92 Å². The molecule has 5 nitrogen and oxygen atoms in total. The van der Waals surface area contributed by atoms with E-state index < -0.39 is 9.84 Å². The summed E-state index contributed by atoms with van der Waals surface area (Å²) in [7, 11) is -3.35. The van der Waals surface area contributed by atoms with Crippen molar-refractivity contribution in [1.29, 1.82) is 0 Å². The van der Waals surface area contributed by atoms with Crippen LogP contribution in [-0.4, -0.2) is 44.2 Å². The molecule has 0 spiro atoms. The number of hydrogen-bond acceptors (Lipinski definition) is 3. The zero-order valence-electron chi connectivity index (χ0n) is 13.9. The van der Waals surface area contributed by atoms with Gasteiger partial charge in [0.15, 0.2) is 9.84 Å². The van der Waals surface area contributed by atoms with E-state index in [1.54, 1.807) is 30.3 Å². The molecule has 1 fully saturated rings. The Hall–Kier alpha value is -1.56. The van der Waals surface area contributed by atoms with Gasteiger partial charge in [-0.1, -0.05) is 32.0 Å². The maximum atomic E-state index is 12.3. The Morgan fingerprint density at radius 3 is 2.48 bits per heavy atom. The molecule has 0 unspecified atom stereocenters. The zero-order chi connectivity index (χ0) is 16.9. The summed E-state index contributed by atoms with van der Waals surface area (Å²) in [6.45, 7) is 5.14. The summed E-state index contributed by atoms with van der Waals surface area (Å²) in [6.07, 6.45) is 3.06. The van der Waals surface area contributed by atoms with Crippen LogP contribution in [0.5, 0.6) is 0 Å². The van der Waals surface area contributed by atoms with Crippen molar-refractivity contribution in [1.82, 2.24) is 10.2 Å². The highest BCUT2D eigenvalue weighted by molar-refractivity contribution is 7.91. The van der Waals surface area contributed by atoms with E-state index in [2.05, 4.69) is 19.2 Å². The van der Waals surface area contributed by atoms with Crippen LogP contribution >= 0.6 is 0 Å². The maximum Gasteiger partial charge on any atom is 0.317 e. The van der Waals surface area contributed by atoms with Crippen molar-refractivity contribution >= 4 is 15.9 Å². The number of benzene rings is 1. The van der Waals surface area contributed by atoms with Gasteiger partial charge >= 0.3 is 6.03 Å². The summed E-state index contributed by atoms with van der Waals surface area (Å²) in [5.74, 6) is 0.466. The highest BCUT2D eigenvalue weighted by atomic mass is 32.2. The van der Waals surface area contributed by atoms with Crippen LogP contribution in [0, 0.1) is 5.92 Å². The predicted molar refractivity (Wildman–Crippen MR) is 91.1 cm³/mol. The van der Waals surface area contributed by atoms with Gasteiger partial charge < -0.3 is 10.2 Å². The lowest BCUT2D eigenvalue weighted by molar-refractivity contribution is 0.192. The minimum atomic E-state index is -3.35. The van der Waals surface area contributed by atoms with E-state index in [4.69, 9.17) is 0 Å². The lowest BCUT2D eigenvalue weighted by Gasteiger charge is -2.23. The van der Waals surface area contributed by atoms with Crippen molar-refractivity contribution < 1.29 is 13.2 Å². The summed E-state index contributed by atoms with van der Waals surface area (Å²) in [5, 5.41) is 2.76. The van der Waals surface area contributed by atoms with Crippen LogP contribution in [0.25, 0.3) is 0 Å². The molecule has 0 aliphatic heterocycles. The first-order chi connectivity index (χ1) is 10.9. The van der Waals surface area contributed by atoms with E-state index in [9.17, 15) is 13.2 Å². The van der Waals surface area contributed by atoms with Crippen molar-refractivity contribution in [3.63, 3.8) is 0 Å². The third-order valence-electron chi connectivity index (χ3n) is 3.95. The molecule has 2 rings (SSSR count). The molecule has 0 aromatic heterocycles. The first kappa shape index (κ1) is 17.8. The lowest BCUT2D eigenvalue weighted by atomic mass is 10.1. The number of carbonyl (C=O) groups excluding carboxylic acids is 1. The molecule has 1 N–H and O–H groups in total. The number of hydrogen-bond donors (Lipinski definition) is 1. The van der Waals surface area contributed by atoms with Crippen molar-refractivity contribution in [3.05, 3.63) is 30.3 Å². The van der Waals surface area contributed by atoms with Gasteiger partial charge in [-0.15, -0.1) is 0 Å². The van der Waals surface area contributed by atoms with E-state index in [0.29, 0.717) is 16.9 Å². The molecule has 0 radical (unpaired) electrons. The summed E-state index contributed by atoms with van der Waals surface area (Å²) >= 11 is 0. The van der Waals surface area contributed by atoms with Gasteiger partial charge in [-0.3, -0.25) is 0 Å². The van der Waals surface area contributed by atoms with Crippen LogP contribution in [0.15, 0.2) is 35.2 Å². The Morgan fingerprint density at radius 1 is 1.26 bits per heavy atom. The molecule has 1 aliphatic rings. The molecule has 0 bridgehead atoms. The summed E-state index contributed by atoms with van der Waals surface area (Å²) < 4.78 is 24.4. The van der Waals surface area contributed by atoms with Crippen LogP contribution in [0.2, 0.25) is 0 Å². The first-order valence-electron chi connectivity index (χ1n) is 8.22. The Balaban J connectivity index is 1.83. The van der Waals surface area contributed by atoms with E-state index in [0.717, 1.165) is 25.8 Å². The van der Waals surface area contributed by atoms with Crippen molar-refractivity contribution in [2.75, 3.05) is 18.8 Å². The van der Waals surface area contributed by atoms with Crippen LogP contribution in [0.1, 0.15) is 33.1 Å². The first-order valence-corrected chi connectivity index (χ1v) is 9.87. The highest BCUT2D eigenvalue weighted by Gasteiger charge is 2.32. The molecule has 1 aromatic rings. The number of carbonyl (C=O) groups is 1. The Kier molecular flexibility index (Phi) is 6.04. The number of amides is 2. The number of sulfone groups is 1. The van der Waals surface area contributed by atoms with Gasteiger partial charge in [0.1, 0.15) is 0 Å². The maximum absolute atomic E-state index is 12.3. The summed E-state index contributed by atoms with van der Waals surface area (Å²) in [5.41, 5.74) is 0. The Labute approximate surface area is 139 Å². The number of nitrogens with zero attached hydrogens (tertiary/aromatic N) is 1. The molecular formula is C17H26N2O3S. The second-order valence-corrected chi connectivity index (χ2v) is 8.58. The average Bonchev–Trinajstić information content (AvgIpc) is 3.33. The largest absolute Gasteiger partial charge is 0.337 e. The zero-order valence-corrected chi connectivity index (χ0v) is 14.7. The van der Waals surface area contributed by atoms with E-state index in [1.807, 2.05) is 4.90 Å². The second-order valence-electron chi connectivity index (χ2n) is 6.47. The number of nitrogens with one attached hydrogen (secondary N) is 1. The van der Waals surface area contributed by atoms with Crippen LogP contribution < -0.4 is 5.32 Å². The van der Waals surface area contributed by atoms with E-state index in [1.165, 1.54) is 0 Å². The smallest absolute Gasteiger partial charge is 0.317 e. The molecule has 2 amide bonds. The number of urea groups is 1. The molecule has 0 atom stereocenters.